The lowest BCUT2D eigenvalue weighted by atomic mass is 10.3. The molecule has 0 saturated heterocycles. The van der Waals surface area contributed by atoms with E-state index in [1.807, 2.05) is 22.4 Å². The Balaban J connectivity index is 1.61. The largest absolute Gasteiger partial charge is 0.418 e. The number of hydrogen-bond donors (Lipinski definition) is 0. The number of hydrogen-bond acceptors (Lipinski definition) is 6. The van der Waals surface area contributed by atoms with E-state index in [2.05, 4.69) is 28.9 Å². The molecule has 0 N–H and O–H groups in total. The van der Waals surface area contributed by atoms with E-state index >= 15 is 0 Å². The number of carbonyl (C=O) groups excluding carboxylic acids is 1. The van der Waals surface area contributed by atoms with Gasteiger partial charge >= 0.3 is 0 Å². The minimum Gasteiger partial charge on any atom is -0.418 e. The first-order chi connectivity index (χ1) is 12.7. The van der Waals surface area contributed by atoms with Crippen LogP contribution in [0.3, 0.4) is 0 Å². The fourth-order valence-electron chi connectivity index (χ4n) is 3.05. The van der Waals surface area contributed by atoms with Crippen molar-refractivity contribution >= 4 is 17.2 Å². The van der Waals surface area contributed by atoms with E-state index in [0.717, 1.165) is 36.7 Å². The number of thiophene rings is 1. The van der Waals surface area contributed by atoms with Crippen molar-refractivity contribution in [3.8, 4) is 10.8 Å². The van der Waals surface area contributed by atoms with E-state index in [-0.39, 0.29) is 5.91 Å². The highest BCUT2D eigenvalue weighted by atomic mass is 32.1. The Morgan fingerprint density at radius 1 is 1.27 bits per heavy atom. The SMILES string of the molecule is CCCN(CC(=O)N(CCC)Cc1nnc(-c2cccs2)o1)CC1CC1. The van der Waals surface area contributed by atoms with Gasteiger partial charge in [-0.1, -0.05) is 19.9 Å². The van der Waals surface area contributed by atoms with Crippen molar-refractivity contribution in [1.82, 2.24) is 20.0 Å². The molecule has 1 aliphatic rings. The average Bonchev–Trinajstić information content (AvgIpc) is 3.10. The number of rotatable bonds is 11. The van der Waals surface area contributed by atoms with Gasteiger partial charge in [0.25, 0.3) is 5.89 Å². The van der Waals surface area contributed by atoms with Crippen molar-refractivity contribution in [3.05, 3.63) is 23.4 Å². The van der Waals surface area contributed by atoms with Crippen molar-refractivity contribution in [2.24, 2.45) is 5.92 Å². The van der Waals surface area contributed by atoms with Gasteiger partial charge in [0, 0.05) is 13.1 Å². The molecular formula is C19H28N4O2S. The first-order valence-corrected chi connectivity index (χ1v) is 10.4. The Kier molecular flexibility index (Phi) is 6.80. The van der Waals surface area contributed by atoms with Crippen LogP contribution in [0.5, 0.6) is 0 Å². The molecule has 1 amide bonds. The highest BCUT2D eigenvalue weighted by molar-refractivity contribution is 7.13. The zero-order chi connectivity index (χ0) is 18.4. The standard InChI is InChI=1S/C19H28N4O2S/c1-3-9-22(12-15-7-8-15)14-18(24)23(10-4-2)13-17-20-21-19(25-17)16-6-5-11-26-16/h5-6,11,15H,3-4,7-10,12-14H2,1-2H3. The van der Waals surface area contributed by atoms with Crippen molar-refractivity contribution in [2.45, 2.75) is 46.1 Å². The molecule has 0 spiro atoms. The first-order valence-electron chi connectivity index (χ1n) is 9.56. The molecule has 0 aliphatic heterocycles. The normalized spacial score (nSPS) is 14.1. The fourth-order valence-corrected chi connectivity index (χ4v) is 3.69. The summed E-state index contributed by atoms with van der Waals surface area (Å²) in [6.07, 6.45) is 4.59. The second-order valence-electron chi connectivity index (χ2n) is 6.97. The zero-order valence-electron chi connectivity index (χ0n) is 15.7. The lowest BCUT2D eigenvalue weighted by Crippen LogP contribution is -2.41. The summed E-state index contributed by atoms with van der Waals surface area (Å²) in [5.74, 6) is 1.97. The molecule has 0 atom stereocenters. The lowest BCUT2D eigenvalue weighted by Gasteiger charge is -2.26. The van der Waals surface area contributed by atoms with E-state index in [1.165, 1.54) is 12.8 Å². The summed E-state index contributed by atoms with van der Waals surface area (Å²) in [4.78, 5) is 18.0. The molecule has 6 nitrogen and oxygen atoms in total. The van der Waals surface area contributed by atoms with Gasteiger partial charge in [-0.2, -0.15) is 0 Å². The van der Waals surface area contributed by atoms with Crippen LogP contribution in [0.15, 0.2) is 21.9 Å². The van der Waals surface area contributed by atoms with Gasteiger partial charge in [-0.3, -0.25) is 9.69 Å². The molecule has 26 heavy (non-hydrogen) atoms. The molecule has 1 fully saturated rings. The van der Waals surface area contributed by atoms with Crippen LogP contribution < -0.4 is 0 Å². The van der Waals surface area contributed by atoms with Crippen molar-refractivity contribution < 1.29 is 9.21 Å². The fraction of sp³-hybridized carbons (Fsp3) is 0.632. The van der Waals surface area contributed by atoms with Gasteiger partial charge in [0.2, 0.25) is 11.8 Å². The zero-order valence-corrected chi connectivity index (χ0v) is 16.5. The Bertz CT molecular complexity index is 682. The van der Waals surface area contributed by atoms with Gasteiger partial charge in [-0.05, 0) is 49.6 Å². The predicted octanol–water partition coefficient (Wildman–Crippen LogP) is 3.66. The molecule has 2 aromatic rings. The van der Waals surface area contributed by atoms with E-state index in [4.69, 9.17) is 4.42 Å². The van der Waals surface area contributed by atoms with Crippen molar-refractivity contribution in [1.29, 1.82) is 0 Å². The Morgan fingerprint density at radius 3 is 2.73 bits per heavy atom. The summed E-state index contributed by atoms with van der Waals surface area (Å²) in [5.41, 5.74) is 0. The average molecular weight is 377 g/mol. The van der Waals surface area contributed by atoms with Crippen LogP contribution in [0.4, 0.5) is 0 Å². The van der Waals surface area contributed by atoms with Gasteiger partial charge in [0.1, 0.15) is 0 Å². The number of aromatic nitrogens is 2. The van der Waals surface area contributed by atoms with Crippen molar-refractivity contribution in [3.63, 3.8) is 0 Å². The summed E-state index contributed by atoms with van der Waals surface area (Å²) in [5, 5.41) is 10.2. The van der Waals surface area contributed by atoms with Crippen LogP contribution >= 0.6 is 11.3 Å². The molecule has 142 valence electrons. The van der Waals surface area contributed by atoms with Crippen LogP contribution in [-0.2, 0) is 11.3 Å². The molecule has 3 rings (SSSR count). The number of nitrogens with zero attached hydrogens (tertiary/aromatic N) is 4. The molecule has 1 aliphatic carbocycles. The van der Waals surface area contributed by atoms with Gasteiger partial charge in [0.15, 0.2) is 0 Å². The highest BCUT2D eigenvalue weighted by Crippen LogP contribution is 2.29. The van der Waals surface area contributed by atoms with Gasteiger partial charge < -0.3 is 9.32 Å². The second kappa shape index (κ2) is 9.28. The molecular weight excluding hydrogens is 348 g/mol. The van der Waals surface area contributed by atoms with Crippen molar-refractivity contribution in [2.75, 3.05) is 26.2 Å². The topological polar surface area (TPSA) is 62.5 Å². The second-order valence-corrected chi connectivity index (χ2v) is 7.92. The maximum absolute atomic E-state index is 12.9. The van der Waals surface area contributed by atoms with Gasteiger partial charge in [0.05, 0.1) is 18.0 Å². The molecule has 1 saturated carbocycles. The highest BCUT2D eigenvalue weighted by Gasteiger charge is 2.26. The summed E-state index contributed by atoms with van der Waals surface area (Å²) < 4.78 is 5.76. The first kappa shape index (κ1) is 19.0. The Morgan fingerprint density at radius 2 is 2.08 bits per heavy atom. The smallest absolute Gasteiger partial charge is 0.257 e. The molecule has 2 aromatic heterocycles. The molecule has 2 heterocycles. The summed E-state index contributed by atoms with van der Waals surface area (Å²) >= 11 is 1.57. The molecule has 0 aromatic carbocycles. The number of carbonyl (C=O) groups is 1. The van der Waals surface area contributed by atoms with E-state index < -0.39 is 0 Å². The van der Waals surface area contributed by atoms with Crippen LogP contribution in [0.2, 0.25) is 0 Å². The molecule has 0 bridgehead atoms. The Hall–Kier alpha value is -1.73. The van der Waals surface area contributed by atoms with Gasteiger partial charge in [-0.25, -0.2) is 0 Å². The van der Waals surface area contributed by atoms with E-state index in [0.29, 0.717) is 31.4 Å². The van der Waals surface area contributed by atoms with Gasteiger partial charge in [-0.15, -0.1) is 21.5 Å². The summed E-state index contributed by atoms with van der Waals surface area (Å²) in [6.45, 7) is 7.84. The van der Waals surface area contributed by atoms with Crippen LogP contribution in [-0.4, -0.2) is 52.1 Å². The minimum atomic E-state index is 0.150. The van der Waals surface area contributed by atoms with Crippen LogP contribution in [0, 0.1) is 5.92 Å². The molecule has 7 heteroatoms. The van der Waals surface area contributed by atoms with E-state index in [1.54, 1.807) is 11.3 Å². The Labute approximate surface area is 159 Å². The van der Waals surface area contributed by atoms with E-state index in [9.17, 15) is 4.79 Å². The summed E-state index contributed by atoms with van der Waals surface area (Å²) in [7, 11) is 0. The molecule has 0 unspecified atom stereocenters. The third-order valence-electron chi connectivity index (χ3n) is 4.48. The predicted molar refractivity (Wildman–Crippen MR) is 103 cm³/mol. The monoisotopic (exact) mass is 376 g/mol. The minimum absolute atomic E-state index is 0.150. The quantitative estimate of drug-likeness (QED) is 0.599. The summed E-state index contributed by atoms with van der Waals surface area (Å²) in [6, 6.07) is 3.91. The third-order valence-corrected chi connectivity index (χ3v) is 5.34. The lowest BCUT2D eigenvalue weighted by molar-refractivity contribution is -0.133. The third kappa shape index (κ3) is 5.38. The maximum atomic E-state index is 12.9. The number of amides is 1. The molecule has 0 radical (unpaired) electrons. The van der Waals surface area contributed by atoms with Crippen LogP contribution in [0.1, 0.15) is 45.4 Å². The van der Waals surface area contributed by atoms with Crippen LogP contribution in [0.25, 0.3) is 10.8 Å². The maximum Gasteiger partial charge on any atom is 0.257 e.